The van der Waals surface area contributed by atoms with E-state index in [1.807, 2.05) is 0 Å². The maximum atomic E-state index is 13.1. The van der Waals surface area contributed by atoms with E-state index in [1.165, 1.54) is 13.8 Å². The lowest BCUT2D eigenvalue weighted by molar-refractivity contribution is -0.138. The van der Waals surface area contributed by atoms with Crippen LogP contribution in [0.2, 0.25) is 10.0 Å². The summed E-state index contributed by atoms with van der Waals surface area (Å²) in [5.41, 5.74) is 0.467. The number of aldehydes is 1. The summed E-state index contributed by atoms with van der Waals surface area (Å²) >= 11 is 16.1. The first-order valence-electron chi connectivity index (χ1n) is 11.3. The number of ketones is 1. The van der Waals surface area contributed by atoms with Gasteiger partial charge in [0, 0.05) is 27.0 Å². The third-order valence-electron chi connectivity index (χ3n) is 5.73. The molecule has 0 bridgehead atoms. The topological polar surface area (TPSA) is 130 Å². The van der Waals surface area contributed by atoms with Crippen molar-refractivity contribution in [2.24, 2.45) is 0 Å². The molecule has 4 aromatic rings. The van der Waals surface area contributed by atoms with Crippen LogP contribution in [0, 0.1) is 0 Å². The molecule has 8 nitrogen and oxygen atoms in total. The van der Waals surface area contributed by atoms with Crippen molar-refractivity contribution in [3.63, 3.8) is 0 Å². The number of carboxylic acids is 1. The maximum Gasteiger partial charge on any atom is 0.326 e. The van der Waals surface area contributed by atoms with Gasteiger partial charge in [-0.3, -0.25) is 4.79 Å². The van der Waals surface area contributed by atoms with E-state index in [4.69, 9.17) is 27.6 Å². The summed E-state index contributed by atoms with van der Waals surface area (Å²) < 4.78 is 6.61. The Morgan fingerprint density at radius 3 is 2.39 bits per heavy atom. The molecule has 0 spiro atoms. The average Bonchev–Trinajstić information content (AvgIpc) is 3.19. The summed E-state index contributed by atoms with van der Waals surface area (Å²) in [4.78, 5) is 40.8. The predicted molar refractivity (Wildman–Crippen MR) is 149 cm³/mol. The third kappa shape index (κ3) is 5.61. The summed E-state index contributed by atoms with van der Waals surface area (Å²) in [5, 5.41) is 24.0. The van der Waals surface area contributed by atoms with Crippen molar-refractivity contribution in [3.8, 4) is 22.4 Å². The molecule has 1 atom stereocenters. The number of rotatable bonds is 9. The van der Waals surface area contributed by atoms with Gasteiger partial charge in [0.2, 0.25) is 11.5 Å². The summed E-state index contributed by atoms with van der Waals surface area (Å²) in [5.74, 6) is -2.43. The van der Waals surface area contributed by atoms with Crippen molar-refractivity contribution < 1.29 is 29.0 Å². The van der Waals surface area contributed by atoms with Gasteiger partial charge in [0.1, 0.15) is 17.9 Å². The number of carboxylic acid groups (broad SMARTS) is 1. The molecular weight excluding hydrogens is 599 g/mol. The van der Waals surface area contributed by atoms with Gasteiger partial charge < -0.3 is 24.7 Å². The number of Topliss-reactive ketones (excluding diaryl/α,β-unsaturated/α-hetero) is 1. The summed E-state index contributed by atoms with van der Waals surface area (Å²) in [6.45, 7) is 2.57. The van der Waals surface area contributed by atoms with Gasteiger partial charge in [0.15, 0.2) is 5.76 Å². The Morgan fingerprint density at radius 1 is 1.13 bits per heavy atom. The minimum Gasteiger partial charge on any atom is -0.480 e. The molecule has 0 radical (unpaired) electrons. The standard InChI is InChI=1S/C27H21BrCl2N2O6/c1-27(2,37)24(34)23-22(31-20(9-10-33)26(35)36)18-12-17(13-3-6-15(29)7-4-13)21(32-25(18)38-23)16-8-5-14(28)11-19(16)30/h3-8,10-12,20,31,37H,9H2,1-2H3,(H,35,36). The number of carbonyl (C=O) groups is 3. The van der Waals surface area contributed by atoms with Gasteiger partial charge in [-0.25, -0.2) is 9.78 Å². The first-order valence-corrected chi connectivity index (χ1v) is 12.8. The second-order valence-electron chi connectivity index (χ2n) is 9.00. The molecule has 3 N–H and O–H groups in total. The zero-order valence-electron chi connectivity index (χ0n) is 20.1. The van der Waals surface area contributed by atoms with Crippen molar-refractivity contribution in [1.82, 2.24) is 4.98 Å². The van der Waals surface area contributed by atoms with Crippen LogP contribution in [0.15, 0.2) is 57.4 Å². The Bertz CT molecular complexity index is 1560. The molecule has 0 amide bonds. The molecule has 2 aromatic heterocycles. The number of aliphatic carboxylic acids is 1. The molecule has 0 aliphatic carbocycles. The number of nitrogens with zero attached hydrogens (tertiary/aromatic N) is 1. The number of pyridine rings is 1. The highest BCUT2D eigenvalue weighted by molar-refractivity contribution is 9.10. The zero-order chi connectivity index (χ0) is 27.8. The fraction of sp³-hybridized carbons (Fsp3) is 0.185. The van der Waals surface area contributed by atoms with Crippen molar-refractivity contribution in [3.05, 3.63) is 68.8 Å². The molecule has 2 aromatic carbocycles. The molecule has 0 fully saturated rings. The Balaban J connectivity index is 2.06. The number of hydrogen-bond donors (Lipinski definition) is 3. The lowest BCUT2D eigenvalue weighted by Crippen LogP contribution is -2.33. The van der Waals surface area contributed by atoms with Crippen molar-refractivity contribution in [2.45, 2.75) is 31.9 Å². The summed E-state index contributed by atoms with van der Waals surface area (Å²) in [6.07, 6.45) is 0.0821. The van der Waals surface area contributed by atoms with Crippen LogP contribution in [-0.2, 0) is 9.59 Å². The number of aromatic nitrogens is 1. The first kappa shape index (κ1) is 27.8. The Kier molecular flexibility index (Phi) is 7.94. The van der Waals surface area contributed by atoms with E-state index in [2.05, 4.69) is 26.2 Å². The number of halogens is 3. The smallest absolute Gasteiger partial charge is 0.326 e. The quantitative estimate of drug-likeness (QED) is 0.140. The number of aliphatic hydroxyl groups is 1. The van der Waals surface area contributed by atoms with Gasteiger partial charge in [0.05, 0.1) is 21.8 Å². The van der Waals surface area contributed by atoms with Gasteiger partial charge >= 0.3 is 5.97 Å². The van der Waals surface area contributed by atoms with E-state index >= 15 is 0 Å². The number of furan rings is 1. The number of hydrogen-bond acceptors (Lipinski definition) is 7. The molecule has 0 saturated heterocycles. The molecule has 196 valence electrons. The second-order valence-corrected chi connectivity index (χ2v) is 10.8. The van der Waals surface area contributed by atoms with Crippen LogP contribution >= 0.6 is 39.1 Å². The first-order chi connectivity index (χ1) is 17.9. The molecule has 0 saturated carbocycles. The molecule has 0 aliphatic heterocycles. The Hall–Kier alpha value is -3.24. The van der Waals surface area contributed by atoms with Crippen LogP contribution in [0.25, 0.3) is 33.5 Å². The molecule has 11 heteroatoms. The van der Waals surface area contributed by atoms with Gasteiger partial charge in [-0.1, -0.05) is 57.3 Å². The highest BCUT2D eigenvalue weighted by atomic mass is 79.9. The molecular formula is C27H21BrCl2N2O6. The van der Waals surface area contributed by atoms with Crippen molar-refractivity contribution in [2.75, 3.05) is 5.32 Å². The van der Waals surface area contributed by atoms with E-state index in [-0.39, 0.29) is 29.0 Å². The van der Waals surface area contributed by atoms with Crippen LogP contribution in [0.1, 0.15) is 30.8 Å². The Morgan fingerprint density at radius 2 is 1.82 bits per heavy atom. The largest absolute Gasteiger partial charge is 0.480 e. The van der Waals surface area contributed by atoms with E-state index < -0.39 is 23.4 Å². The fourth-order valence-corrected chi connectivity index (χ4v) is 4.72. The fourth-order valence-electron chi connectivity index (χ4n) is 3.83. The average molecular weight is 620 g/mol. The van der Waals surface area contributed by atoms with Gasteiger partial charge in [-0.05, 0) is 49.7 Å². The molecule has 1 unspecified atom stereocenters. The van der Waals surface area contributed by atoms with Crippen LogP contribution in [-0.4, -0.2) is 44.9 Å². The highest BCUT2D eigenvalue weighted by Gasteiger charge is 2.34. The van der Waals surface area contributed by atoms with E-state index in [0.717, 1.165) is 4.47 Å². The number of anilines is 1. The van der Waals surface area contributed by atoms with Crippen LogP contribution in [0.4, 0.5) is 5.69 Å². The maximum absolute atomic E-state index is 13.1. The third-order valence-corrected chi connectivity index (χ3v) is 6.79. The molecule has 4 rings (SSSR count). The van der Waals surface area contributed by atoms with E-state index in [0.29, 0.717) is 38.7 Å². The summed E-state index contributed by atoms with van der Waals surface area (Å²) in [7, 11) is 0. The monoisotopic (exact) mass is 618 g/mol. The van der Waals surface area contributed by atoms with Crippen LogP contribution < -0.4 is 5.32 Å². The molecule has 38 heavy (non-hydrogen) atoms. The van der Waals surface area contributed by atoms with Gasteiger partial charge in [0.25, 0.3) is 0 Å². The van der Waals surface area contributed by atoms with E-state index in [9.17, 15) is 24.6 Å². The lowest BCUT2D eigenvalue weighted by atomic mass is 9.97. The predicted octanol–water partition coefficient (Wildman–Crippen LogP) is 6.64. The van der Waals surface area contributed by atoms with Crippen molar-refractivity contribution >= 4 is 74.0 Å². The SMILES string of the molecule is CC(C)(O)C(=O)c1oc2nc(-c3ccc(Br)cc3Cl)c(-c3ccc(Cl)cc3)cc2c1NC(CC=O)C(=O)O. The van der Waals surface area contributed by atoms with Gasteiger partial charge in [-0.2, -0.15) is 0 Å². The van der Waals surface area contributed by atoms with Crippen LogP contribution in [0.3, 0.4) is 0 Å². The number of benzene rings is 2. The minimum atomic E-state index is -1.84. The zero-order valence-corrected chi connectivity index (χ0v) is 23.2. The number of nitrogens with one attached hydrogen (secondary N) is 1. The molecule has 0 aliphatic rings. The highest BCUT2D eigenvalue weighted by Crippen LogP contribution is 2.42. The van der Waals surface area contributed by atoms with E-state index in [1.54, 1.807) is 48.5 Å². The van der Waals surface area contributed by atoms with Crippen molar-refractivity contribution in [1.29, 1.82) is 0 Å². The number of fused-ring (bicyclic) bond motifs is 1. The van der Waals surface area contributed by atoms with Gasteiger partial charge in [-0.15, -0.1) is 0 Å². The number of carbonyl (C=O) groups excluding carboxylic acids is 2. The molecule has 2 heterocycles. The summed E-state index contributed by atoms with van der Waals surface area (Å²) in [6, 6.07) is 12.6. The minimum absolute atomic E-state index is 0.00189. The normalized spacial score (nSPS) is 12.4. The second kappa shape index (κ2) is 10.9. The van der Waals surface area contributed by atoms with Crippen LogP contribution in [0.5, 0.6) is 0 Å². The lowest BCUT2D eigenvalue weighted by Gasteiger charge is -2.17. The Labute approximate surface area is 235 Å².